The fourth-order valence-corrected chi connectivity index (χ4v) is 2.13. The molecule has 0 aliphatic heterocycles. The van der Waals surface area contributed by atoms with E-state index in [1.165, 1.54) is 11.3 Å². The van der Waals surface area contributed by atoms with Crippen LogP contribution >= 0.6 is 11.3 Å². The lowest BCUT2D eigenvalue weighted by Gasteiger charge is -1.95. The van der Waals surface area contributed by atoms with E-state index in [0.29, 0.717) is 9.75 Å². The molecule has 2 heterocycles. The molecule has 18 heavy (non-hydrogen) atoms. The highest BCUT2D eigenvalue weighted by Crippen LogP contribution is 2.26. The summed E-state index contributed by atoms with van der Waals surface area (Å²) in [6.07, 6.45) is 2.01. The zero-order chi connectivity index (χ0) is 12.5. The van der Waals surface area contributed by atoms with Crippen LogP contribution in [0.2, 0.25) is 0 Å². The lowest BCUT2D eigenvalue weighted by Crippen LogP contribution is -2.26. The number of amides is 1. The minimum Gasteiger partial charge on any atom is -0.346 e. The van der Waals surface area contributed by atoms with Crippen molar-refractivity contribution >= 4 is 17.2 Å². The first kappa shape index (κ1) is 10.9. The van der Waals surface area contributed by atoms with Gasteiger partial charge >= 0.3 is 0 Å². The zero-order valence-corrected chi connectivity index (χ0v) is 10.0. The van der Waals surface area contributed by atoms with Crippen LogP contribution in [0.1, 0.15) is 28.3 Å². The number of aromatic nitrogens is 2. The maximum absolute atomic E-state index is 11.7. The molecule has 0 bridgehead atoms. The van der Waals surface area contributed by atoms with Crippen LogP contribution in [0.5, 0.6) is 0 Å². The largest absolute Gasteiger partial charge is 0.346 e. The fraction of sp³-hybridized carbons (Fsp3) is 0.273. The molecular formula is C11H8N4O2S. The van der Waals surface area contributed by atoms with E-state index in [-0.39, 0.29) is 23.7 Å². The number of rotatable bonds is 3. The topological polar surface area (TPSA) is 91.8 Å². The Morgan fingerprint density at radius 2 is 2.39 bits per heavy atom. The fourth-order valence-electron chi connectivity index (χ4n) is 1.41. The van der Waals surface area contributed by atoms with E-state index in [4.69, 9.17) is 9.78 Å². The minimum absolute atomic E-state index is 0.0313. The molecule has 1 aliphatic carbocycles. The summed E-state index contributed by atoms with van der Waals surface area (Å²) in [6.45, 7) is 0. The van der Waals surface area contributed by atoms with Crippen LogP contribution in [-0.2, 0) is 0 Å². The van der Waals surface area contributed by atoms with Crippen molar-refractivity contribution in [3.05, 3.63) is 22.8 Å². The first-order valence-electron chi connectivity index (χ1n) is 5.41. The number of nitrogens with one attached hydrogen (secondary N) is 1. The zero-order valence-electron chi connectivity index (χ0n) is 9.21. The number of nitrogens with zero attached hydrogens (tertiary/aromatic N) is 3. The molecule has 0 saturated heterocycles. The third-order valence-electron chi connectivity index (χ3n) is 2.47. The second-order valence-electron chi connectivity index (χ2n) is 3.95. The first-order chi connectivity index (χ1) is 8.76. The van der Waals surface area contributed by atoms with Crippen LogP contribution in [-0.4, -0.2) is 22.1 Å². The summed E-state index contributed by atoms with van der Waals surface area (Å²) in [5.41, 5.74) is 0. The van der Waals surface area contributed by atoms with Gasteiger partial charge in [-0.15, -0.1) is 11.3 Å². The maximum atomic E-state index is 11.7. The molecule has 0 aromatic carbocycles. The summed E-state index contributed by atoms with van der Waals surface area (Å²) in [5.74, 6) is -0.0178. The molecule has 1 amide bonds. The first-order valence-corrected chi connectivity index (χ1v) is 6.23. The van der Waals surface area contributed by atoms with Crippen molar-refractivity contribution < 1.29 is 9.32 Å². The van der Waals surface area contributed by atoms with Gasteiger partial charge in [0, 0.05) is 6.04 Å². The maximum Gasteiger partial charge on any atom is 0.292 e. The molecule has 0 spiro atoms. The van der Waals surface area contributed by atoms with Crippen LogP contribution < -0.4 is 5.32 Å². The van der Waals surface area contributed by atoms with Crippen molar-refractivity contribution in [3.8, 4) is 16.8 Å². The predicted octanol–water partition coefficient (Wildman–Crippen LogP) is 1.56. The summed E-state index contributed by atoms with van der Waals surface area (Å²) in [6, 6.07) is 5.68. The molecule has 1 saturated carbocycles. The Bertz CT molecular complexity index is 636. The summed E-state index contributed by atoms with van der Waals surface area (Å²) >= 11 is 1.25. The Morgan fingerprint density at radius 1 is 1.56 bits per heavy atom. The van der Waals surface area contributed by atoms with E-state index >= 15 is 0 Å². The Kier molecular flexibility index (Phi) is 2.57. The molecule has 1 aliphatic rings. The van der Waals surface area contributed by atoms with Gasteiger partial charge in [-0.05, 0) is 25.0 Å². The monoisotopic (exact) mass is 260 g/mol. The lowest BCUT2D eigenvalue weighted by molar-refractivity contribution is 0.0937. The van der Waals surface area contributed by atoms with Gasteiger partial charge in [-0.25, -0.2) is 0 Å². The normalized spacial score (nSPS) is 14.2. The van der Waals surface area contributed by atoms with Gasteiger partial charge in [0.15, 0.2) is 0 Å². The van der Waals surface area contributed by atoms with Crippen molar-refractivity contribution in [1.29, 1.82) is 5.26 Å². The number of thiophene rings is 1. The van der Waals surface area contributed by atoms with Crippen LogP contribution in [0.3, 0.4) is 0 Å². The molecule has 6 nitrogen and oxygen atoms in total. The lowest BCUT2D eigenvalue weighted by atomic mass is 10.4. The van der Waals surface area contributed by atoms with Gasteiger partial charge in [0.05, 0.1) is 4.88 Å². The van der Waals surface area contributed by atoms with E-state index < -0.39 is 0 Å². The molecule has 3 rings (SSSR count). The number of hydrogen-bond donors (Lipinski definition) is 1. The van der Waals surface area contributed by atoms with Gasteiger partial charge < -0.3 is 9.84 Å². The van der Waals surface area contributed by atoms with E-state index in [1.54, 1.807) is 12.1 Å². The molecule has 2 aromatic heterocycles. The third kappa shape index (κ3) is 2.10. The van der Waals surface area contributed by atoms with E-state index in [2.05, 4.69) is 15.5 Å². The van der Waals surface area contributed by atoms with Crippen LogP contribution in [0.15, 0.2) is 16.7 Å². The molecule has 0 unspecified atom stereocenters. The Hall–Kier alpha value is -2.20. The van der Waals surface area contributed by atoms with Gasteiger partial charge in [0.1, 0.15) is 10.9 Å². The van der Waals surface area contributed by atoms with Crippen molar-refractivity contribution in [3.63, 3.8) is 0 Å². The average Bonchev–Trinajstić information content (AvgIpc) is 2.91. The molecule has 1 fully saturated rings. The average molecular weight is 260 g/mol. The SMILES string of the molecule is N#Cc1ccc(-c2nc(C(=O)NC3CC3)no2)s1. The van der Waals surface area contributed by atoms with E-state index in [1.807, 2.05) is 6.07 Å². The second kappa shape index (κ2) is 4.23. The molecule has 7 heteroatoms. The molecule has 0 radical (unpaired) electrons. The highest BCUT2D eigenvalue weighted by atomic mass is 32.1. The highest BCUT2D eigenvalue weighted by molar-refractivity contribution is 7.15. The minimum atomic E-state index is -0.315. The number of carbonyl (C=O) groups is 1. The molecular weight excluding hydrogens is 252 g/mol. The summed E-state index contributed by atoms with van der Waals surface area (Å²) < 4.78 is 5.01. The predicted molar refractivity (Wildman–Crippen MR) is 62.8 cm³/mol. The number of hydrogen-bond acceptors (Lipinski definition) is 6. The van der Waals surface area contributed by atoms with Crippen molar-refractivity contribution in [2.75, 3.05) is 0 Å². The summed E-state index contributed by atoms with van der Waals surface area (Å²) in [7, 11) is 0. The van der Waals surface area contributed by atoms with Gasteiger partial charge in [-0.1, -0.05) is 5.16 Å². The molecule has 90 valence electrons. The smallest absolute Gasteiger partial charge is 0.292 e. The van der Waals surface area contributed by atoms with Crippen molar-refractivity contribution in [2.24, 2.45) is 0 Å². The Labute approximate surface area is 106 Å². The van der Waals surface area contributed by atoms with E-state index in [9.17, 15) is 4.79 Å². The van der Waals surface area contributed by atoms with Gasteiger partial charge in [0.2, 0.25) is 0 Å². The standard InChI is InChI=1S/C11H8N4O2S/c12-5-7-3-4-8(18-7)11-14-9(15-17-11)10(16)13-6-1-2-6/h3-4,6H,1-2H2,(H,13,16). The summed E-state index contributed by atoms with van der Waals surface area (Å²) in [5, 5.41) is 15.1. The van der Waals surface area contributed by atoms with Crippen molar-refractivity contribution in [2.45, 2.75) is 18.9 Å². The second-order valence-corrected chi connectivity index (χ2v) is 5.03. The quantitative estimate of drug-likeness (QED) is 0.904. The van der Waals surface area contributed by atoms with Gasteiger partial charge in [-0.3, -0.25) is 4.79 Å². The Balaban J connectivity index is 1.80. The number of carbonyl (C=O) groups excluding carboxylic acids is 1. The molecule has 2 aromatic rings. The third-order valence-corrected chi connectivity index (χ3v) is 3.45. The van der Waals surface area contributed by atoms with Crippen LogP contribution in [0, 0.1) is 11.3 Å². The summed E-state index contributed by atoms with van der Waals surface area (Å²) in [4.78, 5) is 16.9. The Morgan fingerprint density at radius 3 is 3.06 bits per heavy atom. The van der Waals surface area contributed by atoms with E-state index in [0.717, 1.165) is 12.8 Å². The van der Waals surface area contributed by atoms with Crippen LogP contribution in [0.4, 0.5) is 0 Å². The number of nitriles is 1. The van der Waals surface area contributed by atoms with Crippen LogP contribution in [0.25, 0.3) is 10.8 Å². The molecule has 0 atom stereocenters. The van der Waals surface area contributed by atoms with Gasteiger partial charge in [0.25, 0.3) is 17.6 Å². The highest BCUT2D eigenvalue weighted by Gasteiger charge is 2.26. The molecule has 1 N–H and O–H groups in total. The van der Waals surface area contributed by atoms with Gasteiger partial charge in [-0.2, -0.15) is 10.2 Å². The van der Waals surface area contributed by atoms with Crippen molar-refractivity contribution in [1.82, 2.24) is 15.5 Å².